The van der Waals surface area contributed by atoms with E-state index in [0.717, 1.165) is 14.9 Å². The number of nitrogens with zero attached hydrogens (tertiary/aromatic N) is 1. The first-order chi connectivity index (χ1) is 11.5. The summed E-state index contributed by atoms with van der Waals surface area (Å²) in [6.07, 6.45) is 0.949. The molecule has 0 aliphatic carbocycles. The molecule has 1 aliphatic heterocycles. The summed E-state index contributed by atoms with van der Waals surface area (Å²) in [6, 6.07) is 3.72. The molecule has 1 aliphatic rings. The van der Waals surface area contributed by atoms with Crippen molar-refractivity contribution in [1.82, 2.24) is 4.57 Å². The Balaban J connectivity index is 1.81. The summed E-state index contributed by atoms with van der Waals surface area (Å²) in [5.41, 5.74) is 0.948. The molecule has 24 heavy (non-hydrogen) atoms. The van der Waals surface area contributed by atoms with Crippen LogP contribution in [0, 0.1) is 3.95 Å². The van der Waals surface area contributed by atoms with E-state index in [1.54, 1.807) is 4.57 Å². The highest BCUT2D eigenvalue weighted by Crippen LogP contribution is 2.39. The molecule has 6 nitrogen and oxygen atoms in total. The summed E-state index contributed by atoms with van der Waals surface area (Å²) < 4.78 is 13.7. The topological polar surface area (TPSA) is 80.9 Å². The first-order valence-corrected chi connectivity index (χ1v) is 9.18. The van der Waals surface area contributed by atoms with E-state index in [1.807, 2.05) is 12.1 Å². The molecular formula is C15H14BrNO5S2. The van der Waals surface area contributed by atoms with Gasteiger partial charge in [-0.05, 0) is 36.3 Å². The summed E-state index contributed by atoms with van der Waals surface area (Å²) >= 11 is 10.1. The van der Waals surface area contributed by atoms with Crippen LogP contribution in [0.2, 0.25) is 0 Å². The van der Waals surface area contributed by atoms with Gasteiger partial charge in [-0.3, -0.25) is 9.36 Å². The number of fused-ring (bicyclic) bond motifs is 1. The van der Waals surface area contributed by atoms with Gasteiger partial charge in [-0.2, -0.15) is 0 Å². The zero-order valence-corrected chi connectivity index (χ0v) is 15.7. The van der Waals surface area contributed by atoms with E-state index in [1.165, 1.54) is 11.3 Å². The molecule has 0 fully saturated rings. The normalized spacial score (nSPS) is 12.5. The second-order valence-electron chi connectivity index (χ2n) is 5.24. The van der Waals surface area contributed by atoms with Gasteiger partial charge < -0.3 is 19.7 Å². The highest BCUT2D eigenvalue weighted by atomic mass is 79.9. The van der Waals surface area contributed by atoms with E-state index in [2.05, 4.69) is 15.9 Å². The third-order valence-corrected chi connectivity index (χ3v) is 5.78. The van der Waals surface area contributed by atoms with Gasteiger partial charge in [-0.25, -0.2) is 0 Å². The Kier molecular flexibility index (Phi) is 5.12. The molecule has 3 rings (SSSR count). The van der Waals surface area contributed by atoms with Crippen molar-refractivity contribution in [3.05, 3.63) is 31.0 Å². The molecule has 2 aromatic rings. The Labute approximate surface area is 155 Å². The average Bonchev–Trinajstić information content (AvgIpc) is 3.06. The molecule has 2 N–H and O–H groups in total. The van der Waals surface area contributed by atoms with Crippen molar-refractivity contribution in [3.8, 4) is 17.4 Å². The Bertz CT molecular complexity index is 845. The lowest BCUT2D eigenvalue weighted by atomic mass is 10.1. The van der Waals surface area contributed by atoms with Crippen LogP contribution >= 0.6 is 39.5 Å². The number of hydrogen-bond acceptors (Lipinski definition) is 6. The summed E-state index contributed by atoms with van der Waals surface area (Å²) in [6.45, 7) is 0.588. The van der Waals surface area contributed by atoms with Crippen LogP contribution in [-0.4, -0.2) is 27.5 Å². The second kappa shape index (κ2) is 7.12. The average molecular weight is 432 g/mol. The summed E-state index contributed by atoms with van der Waals surface area (Å²) in [5, 5.41) is 19.1. The number of thiazole rings is 1. The fraction of sp³-hybridized carbons (Fsp3) is 0.333. The third-order valence-electron chi connectivity index (χ3n) is 3.60. The van der Waals surface area contributed by atoms with Gasteiger partial charge >= 0.3 is 5.97 Å². The molecule has 1 aromatic carbocycles. The zero-order chi connectivity index (χ0) is 17.3. The number of aromatic nitrogens is 1. The molecule has 0 saturated heterocycles. The molecule has 0 amide bonds. The Morgan fingerprint density at radius 2 is 2.08 bits per heavy atom. The first kappa shape index (κ1) is 17.2. The van der Waals surface area contributed by atoms with Crippen LogP contribution in [0.25, 0.3) is 0 Å². The smallest absolute Gasteiger partial charge is 0.303 e. The van der Waals surface area contributed by atoms with E-state index >= 15 is 0 Å². The number of benzene rings is 1. The lowest BCUT2D eigenvalue weighted by molar-refractivity contribution is -0.137. The van der Waals surface area contributed by atoms with Crippen LogP contribution in [0.15, 0.2) is 16.6 Å². The van der Waals surface area contributed by atoms with E-state index < -0.39 is 5.97 Å². The Morgan fingerprint density at radius 1 is 1.38 bits per heavy atom. The highest BCUT2D eigenvalue weighted by molar-refractivity contribution is 9.10. The van der Waals surface area contributed by atoms with Gasteiger partial charge in [-0.1, -0.05) is 15.9 Å². The molecule has 2 heterocycles. The summed E-state index contributed by atoms with van der Waals surface area (Å²) in [5.74, 6) is 0.603. The fourth-order valence-corrected chi connectivity index (χ4v) is 4.28. The molecule has 0 saturated carbocycles. The zero-order valence-electron chi connectivity index (χ0n) is 12.5. The number of rotatable bonds is 6. The lowest BCUT2D eigenvalue weighted by Crippen LogP contribution is -2.01. The number of carboxylic acid groups (broad SMARTS) is 1. The van der Waals surface area contributed by atoms with Gasteiger partial charge in [0.1, 0.15) is 0 Å². The Hall–Kier alpha value is -1.58. The standard InChI is InChI=1S/C15H14BrNO5S2/c16-9-6-11-10(21-7-22-11)4-8(9)5-12-14(20)17(15(23)24-12)3-1-2-13(18)19/h4,6,20H,1-3,5,7H2,(H,18,19). The van der Waals surface area contributed by atoms with Crippen LogP contribution in [0.1, 0.15) is 23.3 Å². The number of ether oxygens (including phenoxy) is 2. The maximum Gasteiger partial charge on any atom is 0.303 e. The van der Waals surface area contributed by atoms with Crippen LogP contribution in [0.4, 0.5) is 0 Å². The van der Waals surface area contributed by atoms with Gasteiger partial charge in [0.25, 0.3) is 0 Å². The fourth-order valence-electron chi connectivity index (χ4n) is 2.41. The van der Waals surface area contributed by atoms with Crippen LogP contribution in [-0.2, 0) is 17.8 Å². The van der Waals surface area contributed by atoms with Crippen LogP contribution in [0.3, 0.4) is 0 Å². The monoisotopic (exact) mass is 431 g/mol. The minimum Gasteiger partial charge on any atom is -0.494 e. The maximum atomic E-state index is 10.6. The second-order valence-corrected chi connectivity index (χ2v) is 7.82. The van der Waals surface area contributed by atoms with E-state index in [9.17, 15) is 9.90 Å². The van der Waals surface area contributed by atoms with Crippen molar-refractivity contribution >= 4 is 45.5 Å². The first-order valence-electron chi connectivity index (χ1n) is 7.17. The molecule has 0 spiro atoms. The number of aliphatic carboxylic acids is 1. The molecule has 0 bridgehead atoms. The predicted molar refractivity (Wildman–Crippen MR) is 94.7 cm³/mol. The summed E-state index contributed by atoms with van der Waals surface area (Å²) in [7, 11) is 0. The number of aromatic hydroxyl groups is 1. The largest absolute Gasteiger partial charge is 0.494 e. The van der Waals surface area contributed by atoms with Crippen molar-refractivity contribution in [2.45, 2.75) is 25.8 Å². The van der Waals surface area contributed by atoms with Crippen LogP contribution < -0.4 is 9.47 Å². The number of halogens is 1. The molecule has 0 unspecified atom stereocenters. The minimum absolute atomic E-state index is 0.0418. The molecule has 0 atom stereocenters. The molecule has 9 heteroatoms. The molecular weight excluding hydrogens is 418 g/mol. The minimum atomic E-state index is -0.860. The number of carboxylic acids is 1. The van der Waals surface area contributed by atoms with Crippen molar-refractivity contribution in [2.75, 3.05) is 6.79 Å². The van der Waals surface area contributed by atoms with Gasteiger partial charge in [0.05, 0.1) is 4.88 Å². The maximum absolute atomic E-state index is 10.6. The van der Waals surface area contributed by atoms with Gasteiger partial charge in [0.2, 0.25) is 12.7 Å². The van der Waals surface area contributed by atoms with E-state index in [-0.39, 0.29) is 19.1 Å². The van der Waals surface area contributed by atoms with Gasteiger partial charge in [0, 0.05) is 23.9 Å². The van der Waals surface area contributed by atoms with Crippen LogP contribution in [0.5, 0.6) is 17.4 Å². The van der Waals surface area contributed by atoms with E-state index in [4.69, 9.17) is 26.8 Å². The SMILES string of the molecule is O=C(O)CCCn1c(O)c(Cc2cc3c(cc2Br)OCO3)sc1=S. The lowest BCUT2D eigenvalue weighted by Gasteiger charge is -2.07. The Morgan fingerprint density at radius 3 is 2.79 bits per heavy atom. The van der Waals surface area contributed by atoms with Crippen molar-refractivity contribution in [3.63, 3.8) is 0 Å². The van der Waals surface area contributed by atoms with E-state index in [0.29, 0.717) is 34.8 Å². The van der Waals surface area contributed by atoms with Gasteiger partial charge in [0.15, 0.2) is 15.5 Å². The quantitative estimate of drug-likeness (QED) is 0.674. The number of carbonyl (C=O) groups is 1. The van der Waals surface area contributed by atoms with Crippen molar-refractivity contribution in [1.29, 1.82) is 0 Å². The molecule has 128 valence electrons. The van der Waals surface area contributed by atoms with Crippen molar-refractivity contribution in [2.24, 2.45) is 0 Å². The highest BCUT2D eigenvalue weighted by Gasteiger charge is 2.19. The van der Waals surface area contributed by atoms with Crippen molar-refractivity contribution < 1.29 is 24.5 Å². The number of hydrogen-bond donors (Lipinski definition) is 2. The third kappa shape index (κ3) is 3.57. The summed E-state index contributed by atoms with van der Waals surface area (Å²) in [4.78, 5) is 11.3. The molecule has 1 aromatic heterocycles. The van der Waals surface area contributed by atoms with Gasteiger partial charge in [-0.15, -0.1) is 11.3 Å². The predicted octanol–water partition coefficient (Wildman–Crippen LogP) is 3.93. The molecule has 0 radical (unpaired) electrons.